The first-order chi connectivity index (χ1) is 7.29. The summed E-state index contributed by atoms with van der Waals surface area (Å²) in [5.41, 5.74) is 5.53. The molecule has 1 atom stereocenters. The molecule has 0 radical (unpaired) electrons. The molecule has 1 saturated heterocycles. The number of hydrogen-bond acceptors (Lipinski definition) is 3. The van der Waals surface area contributed by atoms with Crippen molar-refractivity contribution in [2.24, 2.45) is 11.7 Å². The van der Waals surface area contributed by atoms with Gasteiger partial charge in [-0.2, -0.15) is 0 Å². The van der Waals surface area contributed by atoms with Crippen LogP contribution in [0, 0.1) is 5.92 Å². The van der Waals surface area contributed by atoms with Crippen LogP contribution in [0.5, 0.6) is 0 Å². The lowest BCUT2D eigenvalue weighted by molar-refractivity contribution is -0.126. The van der Waals surface area contributed by atoms with Gasteiger partial charge in [-0.15, -0.1) is 0 Å². The van der Waals surface area contributed by atoms with Crippen LogP contribution < -0.4 is 11.1 Å². The van der Waals surface area contributed by atoms with Crippen molar-refractivity contribution in [1.29, 1.82) is 0 Å². The molecule has 15 heavy (non-hydrogen) atoms. The Morgan fingerprint density at radius 2 is 2.07 bits per heavy atom. The summed E-state index contributed by atoms with van der Waals surface area (Å²) in [4.78, 5) is 13.8. The largest absolute Gasteiger partial charge is 0.368 e. The molecule has 1 saturated carbocycles. The summed E-state index contributed by atoms with van der Waals surface area (Å²) in [7, 11) is 0. The molecule has 1 heterocycles. The minimum atomic E-state index is -0.124. The van der Waals surface area contributed by atoms with Crippen molar-refractivity contribution >= 4 is 5.91 Å². The molecule has 1 aliphatic carbocycles. The molecule has 86 valence electrons. The summed E-state index contributed by atoms with van der Waals surface area (Å²) < 4.78 is 0. The summed E-state index contributed by atoms with van der Waals surface area (Å²) in [6.07, 6.45) is 4.74. The number of carbonyl (C=O) groups is 1. The Hall–Kier alpha value is -0.610. The van der Waals surface area contributed by atoms with Crippen LogP contribution in [0.2, 0.25) is 0 Å². The Labute approximate surface area is 91.2 Å². The van der Waals surface area contributed by atoms with Crippen LogP contribution in [0.1, 0.15) is 25.7 Å². The molecule has 0 spiro atoms. The first kappa shape index (κ1) is 10.9. The lowest BCUT2D eigenvalue weighted by atomic mass is 9.78. The third kappa shape index (κ3) is 2.49. The zero-order chi connectivity index (χ0) is 10.7. The van der Waals surface area contributed by atoms with Crippen LogP contribution in [0.15, 0.2) is 0 Å². The standard InChI is InChI=1S/C11H21N3O/c12-11(15)10(9-3-1-4-9)14-7-2-5-13-6-8-14/h9-10,13H,1-8H2,(H2,12,15). The monoisotopic (exact) mass is 211 g/mol. The smallest absolute Gasteiger partial charge is 0.235 e. The van der Waals surface area contributed by atoms with E-state index in [1.54, 1.807) is 0 Å². The van der Waals surface area contributed by atoms with E-state index >= 15 is 0 Å². The van der Waals surface area contributed by atoms with Crippen LogP contribution in [-0.4, -0.2) is 43.0 Å². The molecule has 1 unspecified atom stereocenters. The summed E-state index contributed by atoms with van der Waals surface area (Å²) >= 11 is 0. The van der Waals surface area contributed by atoms with Gasteiger partial charge in [-0.3, -0.25) is 9.69 Å². The number of nitrogens with two attached hydrogens (primary N) is 1. The Morgan fingerprint density at radius 3 is 2.67 bits per heavy atom. The van der Waals surface area contributed by atoms with Gasteiger partial charge in [-0.05, 0) is 31.7 Å². The summed E-state index contributed by atoms with van der Waals surface area (Å²) in [6, 6.07) is -0.00125. The minimum Gasteiger partial charge on any atom is -0.368 e. The molecule has 4 nitrogen and oxygen atoms in total. The van der Waals surface area contributed by atoms with Gasteiger partial charge in [-0.25, -0.2) is 0 Å². The van der Waals surface area contributed by atoms with Gasteiger partial charge >= 0.3 is 0 Å². The molecular formula is C11H21N3O. The number of nitrogens with zero attached hydrogens (tertiary/aromatic N) is 1. The predicted molar refractivity (Wildman–Crippen MR) is 59.4 cm³/mol. The van der Waals surface area contributed by atoms with Gasteiger partial charge in [0.1, 0.15) is 0 Å². The summed E-state index contributed by atoms with van der Waals surface area (Å²) in [5, 5.41) is 3.35. The Morgan fingerprint density at radius 1 is 1.27 bits per heavy atom. The molecule has 4 heteroatoms. The highest BCUT2D eigenvalue weighted by atomic mass is 16.1. The molecule has 2 fully saturated rings. The van der Waals surface area contributed by atoms with E-state index in [-0.39, 0.29) is 11.9 Å². The molecule has 3 N–H and O–H groups in total. The fourth-order valence-electron chi connectivity index (χ4n) is 2.61. The highest BCUT2D eigenvalue weighted by Gasteiger charge is 2.35. The van der Waals surface area contributed by atoms with Gasteiger partial charge in [0.15, 0.2) is 0 Å². The molecule has 0 bridgehead atoms. The molecule has 2 rings (SSSR count). The second-order valence-electron chi connectivity index (χ2n) is 4.68. The molecular weight excluding hydrogens is 190 g/mol. The fraction of sp³-hybridized carbons (Fsp3) is 0.909. The van der Waals surface area contributed by atoms with Gasteiger partial charge in [0.05, 0.1) is 6.04 Å². The third-order valence-electron chi connectivity index (χ3n) is 3.66. The van der Waals surface area contributed by atoms with E-state index in [0.29, 0.717) is 5.92 Å². The van der Waals surface area contributed by atoms with Crippen molar-refractivity contribution in [1.82, 2.24) is 10.2 Å². The van der Waals surface area contributed by atoms with E-state index in [1.165, 1.54) is 19.3 Å². The molecule has 0 aromatic heterocycles. The van der Waals surface area contributed by atoms with Crippen molar-refractivity contribution < 1.29 is 4.79 Å². The first-order valence-corrected chi connectivity index (χ1v) is 6.03. The lowest BCUT2D eigenvalue weighted by Gasteiger charge is -2.38. The maximum absolute atomic E-state index is 11.5. The van der Waals surface area contributed by atoms with Crippen LogP contribution in [0.4, 0.5) is 0 Å². The molecule has 1 amide bonds. The van der Waals surface area contributed by atoms with Crippen molar-refractivity contribution in [3.05, 3.63) is 0 Å². The Balaban J connectivity index is 1.98. The number of carbonyl (C=O) groups excluding carboxylic acids is 1. The second-order valence-corrected chi connectivity index (χ2v) is 4.68. The second kappa shape index (κ2) is 4.94. The predicted octanol–water partition coefficient (Wildman–Crippen LogP) is -0.0643. The molecule has 1 aliphatic heterocycles. The zero-order valence-electron chi connectivity index (χ0n) is 9.24. The minimum absolute atomic E-state index is 0.00125. The van der Waals surface area contributed by atoms with E-state index in [1.807, 2.05) is 0 Å². The van der Waals surface area contributed by atoms with E-state index in [4.69, 9.17) is 5.73 Å². The van der Waals surface area contributed by atoms with Crippen molar-refractivity contribution in [2.45, 2.75) is 31.7 Å². The van der Waals surface area contributed by atoms with E-state index in [2.05, 4.69) is 10.2 Å². The molecule has 0 aromatic rings. The maximum Gasteiger partial charge on any atom is 0.235 e. The van der Waals surface area contributed by atoms with Gasteiger partial charge in [0.2, 0.25) is 5.91 Å². The Bertz CT molecular complexity index is 220. The topological polar surface area (TPSA) is 58.4 Å². The van der Waals surface area contributed by atoms with E-state index in [9.17, 15) is 4.79 Å². The third-order valence-corrected chi connectivity index (χ3v) is 3.66. The van der Waals surface area contributed by atoms with Gasteiger partial charge in [0, 0.05) is 19.6 Å². The van der Waals surface area contributed by atoms with Crippen molar-refractivity contribution in [3.63, 3.8) is 0 Å². The number of primary amides is 1. The van der Waals surface area contributed by atoms with E-state index < -0.39 is 0 Å². The zero-order valence-corrected chi connectivity index (χ0v) is 9.24. The number of amides is 1. The van der Waals surface area contributed by atoms with Gasteiger partial charge in [-0.1, -0.05) is 6.42 Å². The maximum atomic E-state index is 11.5. The highest BCUT2D eigenvalue weighted by Crippen LogP contribution is 2.32. The SMILES string of the molecule is NC(=O)C(C1CCC1)N1CCCNCC1. The van der Waals surface area contributed by atoms with Gasteiger partial charge in [0.25, 0.3) is 0 Å². The summed E-state index contributed by atoms with van der Waals surface area (Å²) in [6.45, 7) is 4.02. The van der Waals surface area contributed by atoms with E-state index in [0.717, 1.165) is 32.6 Å². The van der Waals surface area contributed by atoms with Gasteiger partial charge < -0.3 is 11.1 Å². The van der Waals surface area contributed by atoms with Crippen LogP contribution in [0.3, 0.4) is 0 Å². The summed E-state index contributed by atoms with van der Waals surface area (Å²) in [5.74, 6) is 0.405. The highest BCUT2D eigenvalue weighted by molar-refractivity contribution is 5.80. The average Bonchev–Trinajstić information content (AvgIpc) is 2.38. The molecule has 2 aliphatic rings. The lowest BCUT2D eigenvalue weighted by Crippen LogP contribution is -2.52. The quantitative estimate of drug-likeness (QED) is 0.687. The van der Waals surface area contributed by atoms with Crippen LogP contribution in [0.25, 0.3) is 0 Å². The van der Waals surface area contributed by atoms with Crippen molar-refractivity contribution in [2.75, 3.05) is 26.2 Å². The van der Waals surface area contributed by atoms with Crippen LogP contribution >= 0.6 is 0 Å². The number of hydrogen-bond donors (Lipinski definition) is 2. The first-order valence-electron chi connectivity index (χ1n) is 6.03. The normalized spacial score (nSPS) is 26.7. The average molecular weight is 211 g/mol. The fourth-order valence-corrected chi connectivity index (χ4v) is 2.61. The van der Waals surface area contributed by atoms with Crippen LogP contribution in [-0.2, 0) is 4.79 Å². The Kier molecular flexibility index (Phi) is 3.59. The van der Waals surface area contributed by atoms with Crippen molar-refractivity contribution in [3.8, 4) is 0 Å². The number of rotatable bonds is 3. The molecule has 0 aromatic carbocycles. The number of nitrogens with one attached hydrogen (secondary N) is 1.